The van der Waals surface area contributed by atoms with E-state index in [0.717, 1.165) is 12.0 Å². The minimum atomic E-state index is -0.307. The molecule has 1 aromatic heterocycles. The van der Waals surface area contributed by atoms with Gasteiger partial charge in [-0.05, 0) is 18.9 Å². The summed E-state index contributed by atoms with van der Waals surface area (Å²) < 4.78 is 11.2. The van der Waals surface area contributed by atoms with E-state index in [4.69, 9.17) is 15.0 Å². The first kappa shape index (κ1) is 15.7. The second-order valence-electron chi connectivity index (χ2n) is 5.10. The Bertz CT molecular complexity index is 541. The van der Waals surface area contributed by atoms with Crippen molar-refractivity contribution in [1.82, 2.24) is 10.1 Å². The minimum absolute atomic E-state index is 0.0144. The first-order chi connectivity index (χ1) is 10.2. The highest BCUT2D eigenvalue weighted by molar-refractivity contribution is 5.22. The van der Waals surface area contributed by atoms with Gasteiger partial charge in [0, 0.05) is 12.6 Å². The lowest BCUT2D eigenvalue weighted by atomic mass is 10.0. The Hall–Kier alpha value is -1.72. The Labute approximate surface area is 125 Å². The van der Waals surface area contributed by atoms with Gasteiger partial charge in [0.1, 0.15) is 6.10 Å². The van der Waals surface area contributed by atoms with Gasteiger partial charge in [-0.3, -0.25) is 0 Å². The van der Waals surface area contributed by atoms with Crippen molar-refractivity contribution in [1.29, 1.82) is 0 Å². The Balaban J connectivity index is 2.24. The number of rotatable bonds is 7. The average Bonchev–Trinajstić information content (AvgIpc) is 3.01. The van der Waals surface area contributed by atoms with Gasteiger partial charge in [0.25, 0.3) is 0 Å². The van der Waals surface area contributed by atoms with Crippen LogP contribution in [0.3, 0.4) is 0 Å². The second kappa shape index (κ2) is 7.33. The molecule has 0 saturated carbocycles. The maximum absolute atomic E-state index is 6.04. The highest BCUT2D eigenvalue weighted by Crippen LogP contribution is 2.26. The van der Waals surface area contributed by atoms with Gasteiger partial charge in [0.05, 0.1) is 5.92 Å². The average molecular weight is 289 g/mol. The molecule has 2 aromatic rings. The molecule has 0 aliphatic rings. The van der Waals surface area contributed by atoms with Crippen molar-refractivity contribution < 1.29 is 9.26 Å². The summed E-state index contributed by atoms with van der Waals surface area (Å²) in [5, 5.41) is 4.08. The molecule has 1 heterocycles. The van der Waals surface area contributed by atoms with Gasteiger partial charge < -0.3 is 15.0 Å². The largest absolute Gasteiger partial charge is 0.366 e. The molecular formula is C16H23N3O2. The summed E-state index contributed by atoms with van der Waals surface area (Å²) in [7, 11) is 0. The Morgan fingerprint density at radius 2 is 1.95 bits per heavy atom. The number of ether oxygens (including phenoxy) is 1. The third-order valence-electron chi connectivity index (χ3n) is 3.63. The monoisotopic (exact) mass is 289 g/mol. The van der Waals surface area contributed by atoms with Crippen LogP contribution in [0.2, 0.25) is 0 Å². The van der Waals surface area contributed by atoms with E-state index in [2.05, 4.69) is 10.1 Å². The smallest absolute Gasteiger partial charge is 0.231 e. The van der Waals surface area contributed by atoms with E-state index in [-0.39, 0.29) is 18.1 Å². The van der Waals surface area contributed by atoms with Crippen LogP contribution in [0, 0.1) is 0 Å². The molecule has 3 atom stereocenters. The number of benzene rings is 1. The third kappa shape index (κ3) is 3.68. The maximum Gasteiger partial charge on any atom is 0.231 e. The van der Waals surface area contributed by atoms with Gasteiger partial charge in [0.2, 0.25) is 11.7 Å². The lowest BCUT2D eigenvalue weighted by Crippen LogP contribution is -2.25. The summed E-state index contributed by atoms with van der Waals surface area (Å²) in [6.45, 7) is 6.58. The molecule has 0 bridgehead atoms. The predicted molar refractivity (Wildman–Crippen MR) is 80.9 cm³/mol. The molecular weight excluding hydrogens is 266 g/mol. The molecule has 0 fully saturated rings. The molecule has 0 amide bonds. The SMILES string of the molecule is CCOC(c1ccccc1)c1noc(C(C)C(N)CC)n1. The maximum atomic E-state index is 6.04. The predicted octanol–water partition coefficient (Wildman–Crippen LogP) is 3.04. The molecule has 0 radical (unpaired) electrons. The van der Waals surface area contributed by atoms with Crippen LogP contribution in [0.25, 0.3) is 0 Å². The Kier molecular flexibility index (Phi) is 5.47. The van der Waals surface area contributed by atoms with Crippen molar-refractivity contribution in [2.45, 2.75) is 45.3 Å². The first-order valence-corrected chi connectivity index (χ1v) is 7.43. The van der Waals surface area contributed by atoms with Crippen LogP contribution >= 0.6 is 0 Å². The van der Waals surface area contributed by atoms with Gasteiger partial charge in [-0.2, -0.15) is 4.98 Å². The van der Waals surface area contributed by atoms with Crippen LogP contribution in [0.1, 0.15) is 56.5 Å². The number of hydrogen-bond acceptors (Lipinski definition) is 5. The molecule has 5 heteroatoms. The summed E-state index contributed by atoms with van der Waals surface area (Å²) in [6.07, 6.45) is 0.561. The van der Waals surface area contributed by atoms with Crippen LogP contribution in [-0.4, -0.2) is 22.8 Å². The highest BCUT2D eigenvalue weighted by Gasteiger charge is 2.24. The van der Waals surface area contributed by atoms with E-state index >= 15 is 0 Å². The number of hydrogen-bond donors (Lipinski definition) is 1. The van der Waals surface area contributed by atoms with Crippen LogP contribution in [0.5, 0.6) is 0 Å². The third-order valence-corrected chi connectivity index (χ3v) is 3.63. The van der Waals surface area contributed by atoms with Gasteiger partial charge in [-0.1, -0.05) is 49.3 Å². The fourth-order valence-corrected chi connectivity index (χ4v) is 2.19. The van der Waals surface area contributed by atoms with Crippen molar-refractivity contribution in [2.24, 2.45) is 5.73 Å². The summed E-state index contributed by atoms with van der Waals surface area (Å²) >= 11 is 0. The van der Waals surface area contributed by atoms with E-state index in [1.54, 1.807) is 0 Å². The minimum Gasteiger partial charge on any atom is -0.366 e. The van der Waals surface area contributed by atoms with Gasteiger partial charge >= 0.3 is 0 Å². The van der Waals surface area contributed by atoms with E-state index in [1.807, 2.05) is 51.1 Å². The summed E-state index contributed by atoms with van der Waals surface area (Å²) in [6, 6.07) is 9.92. The van der Waals surface area contributed by atoms with Crippen molar-refractivity contribution in [3.05, 3.63) is 47.6 Å². The summed E-state index contributed by atoms with van der Waals surface area (Å²) in [5.41, 5.74) is 7.06. The van der Waals surface area contributed by atoms with E-state index in [1.165, 1.54) is 0 Å². The van der Waals surface area contributed by atoms with Crippen LogP contribution < -0.4 is 5.73 Å². The molecule has 0 aliphatic carbocycles. The van der Waals surface area contributed by atoms with E-state index < -0.39 is 0 Å². The Morgan fingerprint density at radius 1 is 1.24 bits per heavy atom. The van der Waals surface area contributed by atoms with Crippen molar-refractivity contribution in [3.63, 3.8) is 0 Å². The number of nitrogens with zero attached hydrogens (tertiary/aromatic N) is 2. The molecule has 114 valence electrons. The zero-order chi connectivity index (χ0) is 15.2. The summed E-state index contributed by atoms with van der Waals surface area (Å²) in [4.78, 5) is 4.49. The van der Waals surface area contributed by atoms with Crippen molar-refractivity contribution in [3.8, 4) is 0 Å². The highest BCUT2D eigenvalue weighted by atomic mass is 16.5. The molecule has 5 nitrogen and oxygen atoms in total. The molecule has 21 heavy (non-hydrogen) atoms. The summed E-state index contributed by atoms with van der Waals surface area (Å²) in [5.74, 6) is 1.16. The molecule has 1 aromatic carbocycles. The van der Waals surface area contributed by atoms with Crippen LogP contribution in [-0.2, 0) is 4.74 Å². The molecule has 2 N–H and O–H groups in total. The van der Waals surface area contributed by atoms with Crippen LogP contribution in [0.15, 0.2) is 34.9 Å². The van der Waals surface area contributed by atoms with E-state index in [0.29, 0.717) is 18.3 Å². The van der Waals surface area contributed by atoms with Gasteiger partial charge in [-0.25, -0.2) is 0 Å². The standard InChI is InChI=1S/C16H23N3O2/c1-4-13(17)11(3)16-18-15(19-21-16)14(20-5-2)12-9-7-6-8-10-12/h6-11,13-14H,4-5,17H2,1-3H3. The normalized spacial score (nSPS) is 15.6. The molecule has 0 spiro atoms. The first-order valence-electron chi connectivity index (χ1n) is 7.43. The number of nitrogens with two attached hydrogens (primary N) is 1. The topological polar surface area (TPSA) is 74.2 Å². The lowest BCUT2D eigenvalue weighted by Gasteiger charge is -2.14. The van der Waals surface area contributed by atoms with Gasteiger partial charge in [-0.15, -0.1) is 0 Å². The fraction of sp³-hybridized carbons (Fsp3) is 0.500. The zero-order valence-corrected chi connectivity index (χ0v) is 12.8. The van der Waals surface area contributed by atoms with Gasteiger partial charge in [0.15, 0.2) is 0 Å². The molecule has 0 saturated heterocycles. The van der Waals surface area contributed by atoms with Crippen LogP contribution in [0.4, 0.5) is 0 Å². The zero-order valence-electron chi connectivity index (χ0n) is 12.8. The fourth-order valence-electron chi connectivity index (χ4n) is 2.19. The molecule has 2 rings (SSSR count). The quantitative estimate of drug-likeness (QED) is 0.848. The second-order valence-corrected chi connectivity index (χ2v) is 5.10. The molecule has 0 aliphatic heterocycles. The van der Waals surface area contributed by atoms with Crippen molar-refractivity contribution >= 4 is 0 Å². The van der Waals surface area contributed by atoms with E-state index in [9.17, 15) is 0 Å². The number of aromatic nitrogens is 2. The Morgan fingerprint density at radius 3 is 2.57 bits per heavy atom. The molecule has 3 unspecified atom stereocenters. The van der Waals surface area contributed by atoms with Crippen molar-refractivity contribution in [2.75, 3.05) is 6.61 Å². The lowest BCUT2D eigenvalue weighted by molar-refractivity contribution is 0.0833.